The maximum Gasteiger partial charge on any atom is 0.263 e. The maximum absolute atomic E-state index is 12.6. The number of para-hydroxylation sites is 1. The van der Waals surface area contributed by atoms with Gasteiger partial charge in [0.25, 0.3) is 5.56 Å². The molecular formula is C18H16N4O2. The van der Waals surface area contributed by atoms with Crippen LogP contribution in [0.5, 0.6) is 5.75 Å². The number of aromatic nitrogens is 2. The first-order valence-corrected chi connectivity index (χ1v) is 7.37. The van der Waals surface area contributed by atoms with E-state index in [1.807, 2.05) is 6.07 Å². The van der Waals surface area contributed by atoms with Crippen molar-refractivity contribution in [1.29, 1.82) is 0 Å². The Balaban J connectivity index is 1.95. The Labute approximate surface area is 138 Å². The Hall–Kier alpha value is -3.41. The van der Waals surface area contributed by atoms with Gasteiger partial charge in [-0.25, -0.2) is 10.4 Å². The molecule has 0 radical (unpaired) electrons. The lowest BCUT2D eigenvalue weighted by Crippen LogP contribution is -2.23. The molecule has 0 bridgehead atoms. The zero-order valence-electron chi connectivity index (χ0n) is 12.9. The standard InChI is InChI=1S/C18H16N4O2/c1-2-11-22-17(24)15-5-3-4-6-16(15)20-18(22)21-19-12-13-7-9-14(23)10-8-13/h2-10,12,23H,1,11H2,(H,20,21)/b19-12+. The number of nitrogens with zero attached hydrogens (tertiary/aromatic N) is 3. The van der Waals surface area contributed by atoms with Crippen molar-refractivity contribution >= 4 is 23.1 Å². The molecule has 1 heterocycles. The van der Waals surface area contributed by atoms with Crippen LogP contribution in [-0.2, 0) is 6.54 Å². The monoisotopic (exact) mass is 320 g/mol. The van der Waals surface area contributed by atoms with Crippen molar-refractivity contribution in [2.45, 2.75) is 6.54 Å². The van der Waals surface area contributed by atoms with Crippen molar-refractivity contribution in [2.75, 3.05) is 5.43 Å². The fourth-order valence-electron chi connectivity index (χ4n) is 2.28. The minimum absolute atomic E-state index is 0.150. The molecular weight excluding hydrogens is 304 g/mol. The quantitative estimate of drug-likeness (QED) is 0.430. The van der Waals surface area contributed by atoms with Crippen LogP contribution in [0.3, 0.4) is 0 Å². The third-order valence-electron chi connectivity index (χ3n) is 3.44. The van der Waals surface area contributed by atoms with Crippen LogP contribution in [0.4, 0.5) is 5.95 Å². The van der Waals surface area contributed by atoms with Gasteiger partial charge < -0.3 is 5.11 Å². The van der Waals surface area contributed by atoms with Crippen LogP contribution < -0.4 is 11.0 Å². The third kappa shape index (κ3) is 3.17. The van der Waals surface area contributed by atoms with Gasteiger partial charge >= 0.3 is 0 Å². The average Bonchev–Trinajstić information content (AvgIpc) is 2.60. The van der Waals surface area contributed by atoms with E-state index in [0.29, 0.717) is 23.4 Å². The highest BCUT2D eigenvalue weighted by Gasteiger charge is 2.08. The van der Waals surface area contributed by atoms with E-state index in [2.05, 4.69) is 22.1 Å². The van der Waals surface area contributed by atoms with E-state index in [9.17, 15) is 9.90 Å². The summed E-state index contributed by atoms with van der Waals surface area (Å²) >= 11 is 0. The third-order valence-corrected chi connectivity index (χ3v) is 3.44. The zero-order valence-corrected chi connectivity index (χ0v) is 12.9. The summed E-state index contributed by atoms with van der Waals surface area (Å²) < 4.78 is 1.48. The SMILES string of the molecule is C=CCn1c(N/N=C/c2ccc(O)cc2)nc2ccccc2c1=O. The minimum Gasteiger partial charge on any atom is -0.508 e. The van der Waals surface area contributed by atoms with Crippen LogP contribution in [0.1, 0.15) is 5.56 Å². The maximum atomic E-state index is 12.6. The molecule has 0 fully saturated rings. The summed E-state index contributed by atoms with van der Waals surface area (Å²) in [5, 5.41) is 13.9. The summed E-state index contributed by atoms with van der Waals surface area (Å²) in [4.78, 5) is 17.0. The summed E-state index contributed by atoms with van der Waals surface area (Å²) in [5.74, 6) is 0.532. The first-order chi connectivity index (χ1) is 11.7. The first-order valence-electron chi connectivity index (χ1n) is 7.37. The van der Waals surface area contributed by atoms with E-state index in [4.69, 9.17) is 0 Å². The molecule has 120 valence electrons. The van der Waals surface area contributed by atoms with Crippen molar-refractivity contribution < 1.29 is 5.11 Å². The van der Waals surface area contributed by atoms with Gasteiger partial charge in [-0.1, -0.05) is 18.2 Å². The van der Waals surface area contributed by atoms with Crippen molar-refractivity contribution in [2.24, 2.45) is 5.10 Å². The molecule has 0 aliphatic carbocycles. The van der Waals surface area contributed by atoms with Gasteiger partial charge in [-0.2, -0.15) is 5.10 Å². The number of rotatable bonds is 5. The van der Waals surface area contributed by atoms with Gasteiger partial charge in [0.1, 0.15) is 5.75 Å². The molecule has 2 N–H and O–H groups in total. The van der Waals surface area contributed by atoms with E-state index in [0.717, 1.165) is 5.56 Å². The van der Waals surface area contributed by atoms with Crippen molar-refractivity contribution in [3.63, 3.8) is 0 Å². The van der Waals surface area contributed by atoms with Crippen LogP contribution in [0.25, 0.3) is 10.9 Å². The Bertz CT molecular complexity index is 959. The molecule has 0 aliphatic rings. The lowest BCUT2D eigenvalue weighted by atomic mass is 10.2. The van der Waals surface area contributed by atoms with Crippen molar-refractivity contribution in [3.05, 3.63) is 77.1 Å². The second kappa shape index (κ2) is 6.78. The summed E-state index contributed by atoms with van der Waals surface area (Å²) in [6, 6.07) is 13.8. The second-order valence-corrected chi connectivity index (χ2v) is 5.12. The summed E-state index contributed by atoms with van der Waals surface area (Å²) in [7, 11) is 0. The van der Waals surface area contributed by atoms with Crippen molar-refractivity contribution in [1.82, 2.24) is 9.55 Å². The fourth-order valence-corrected chi connectivity index (χ4v) is 2.28. The fraction of sp³-hybridized carbons (Fsp3) is 0.0556. The average molecular weight is 320 g/mol. The number of phenols is 1. The van der Waals surface area contributed by atoms with E-state index < -0.39 is 0 Å². The highest BCUT2D eigenvalue weighted by Crippen LogP contribution is 2.12. The Morgan fingerprint density at radius 1 is 1.21 bits per heavy atom. The van der Waals surface area contributed by atoms with Crippen LogP contribution >= 0.6 is 0 Å². The van der Waals surface area contributed by atoms with Crippen molar-refractivity contribution in [3.8, 4) is 5.75 Å². The minimum atomic E-state index is -0.150. The van der Waals surface area contributed by atoms with Crippen LogP contribution in [-0.4, -0.2) is 20.9 Å². The molecule has 0 saturated heterocycles. The Kier molecular flexibility index (Phi) is 4.38. The number of hydrogen-bond acceptors (Lipinski definition) is 5. The molecule has 6 heteroatoms. The highest BCUT2D eigenvalue weighted by atomic mass is 16.3. The van der Waals surface area contributed by atoms with E-state index in [1.54, 1.807) is 54.8 Å². The summed E-state index contributed by atoms with van der Waals surface area (Å²) in [6.45, 7) is 4.00. The number of fused-ring (bicyclic) bond motifs is 1. The predicted molar refractivity (Wildman–Crippen MR) is 95.5 cm³/mol. The number of hydrazone groups is 1. The molecule has 0 saturated carbocycles. The molecule has 0 spiro atoms. The van der Waals surface area contributed by atoms with Crippen LogP contribution in [0.2, 0.25) is 0 Å². The van der Waals surface area contributed by atoms with Gasteiger partial charge in [0, 0.05) is 6.54 Å². The first kappa shape index (κ1) is 15.5. The number of allylic oxidation sites excluding steroid dienone is 1. The van der Waals surface area contributed by atoms with E-state index in [1.165, 1.54) is 4.57 Å². The molecule has 0 amide bonds. The number of hydrogen-bond donors (Lipinski definition) is 2. The predicted octanol–water partition coefficient (Wildman–Crippen LogP) is 2.73. The lowest BCUT2D eigenvalue weighted by Gasteiger charge is -2.10. The summed E-state index contributed by atoms with van der Waals surface area (Å²) in [5.41, 5.74) is 4.06. The number of aromatic hydroxyl groups is 1. The molecule has 2 aromatic carbocycles. The molecule has 0 aliphatic heterocycles. The smallest absolute Gasteiger partial charge is 0.263 e. The topological polar surface area (TPSA) is 79.5 Å². The lowest BCUT2D eigenvalue weighted by molar-refractivity contribution is 0.475. The Morgan fingerprint density at radius 2 is 1.96 bits per heavy atom. The largest absolute Gasteiger partial charge is 0.508 e. The molecule has 3 aromatic rings. The number of nitrogens with one attached hydrogen (secondary N) is 1. The van der Waals surface area contributed by atoms with Gasteiger partial charge in [0.15, 0.2) is 0 Å². The number of anilines is 1. The summed E-state index contributed by atoms with van der Waals surface area (Å²) in [6.07, 6.45) is 3.21. The molecule has 24 heavy (non-hydrogen) atoms. The number of phenolic OH excluding ortho intramolecular Hbond substituents is 1. The molecule has 0 unspecified atom stereocenters. The van der Waals surface area contributed by atoms with Gasteiger partial charge in [-0.15, -0.1) is 6.58 Å². The molecule has 6 nitrogen and oxygen atoms in total. The molecule has 0 atom stereocenters. The second-order valence-electron chi connectivity index (χ2n) is 5.12. The molecule has 3 rings (SSSR count). The van der Waals surface area contributed by atoms with Gasteiger partial charge in [0.2, 0.25) is 5.95 Å². The van der Waals surface area contributed by atoms with Crippen LogP contribution in [0.15, 0.2) is 71.1 Å². The van der Waals surface area contributed by atoms with E-state index >= 15 is 0 Å². The number of benzene rings is 2. The Morgan fingerprint density at radius 3 is 2.71 bits per heavy atom. The van der Waals surface area contributed by atoms with Gasteiger partial charge in [0.05, 0.1) is 17.1 Å². The van der Waals surface area contributed by atoms with Gasteiger partial charge in [-0.3, -0.25) is 9.36 Å². The van der Waals surface area contributed by atoms with E-state index in [-0.39, 0.29) is 11.3 Å². The highest BCUT2D eigenvalue weighted by molar-refractivity contribution is 5.81. The van der Waals surface area contributed by atoms with Gasteiger partial charge in [-0.05, 0) is 42.0 Å². The normalized spacial score (nSPS) is 11.0. The zero-order chi connectivity index (χ0) is 16.9. The van der Waals surface area contributed by atoms with Crippen LogP contribution in [0, 0.1) is 0 Å². The molecule has 1 aromatic heterocycles.